The van der Waals surface area contributed by atoms with Gasteiger partial charge in [0.1, 0.15) is 0 Å². The van der Waals surface area contributed by atoms with Gasteiger partial charge in [-0.3, -0.25) is 0 Å². The summed E-state index contributed by atoms with van der Waals surface area (Å²) in [5.41, 5.74) is 6.70. The Bertz CT molecular complexity index is 891. The molecule has 0 aliphatic carbocycles. The number of unbranched alkanes of at least 4 members (excludes halogenated alkanes) is 2. The second kappa shape index (κ2) is 10.6. The summed E-state index contributed by atoms with van der Waals surface area (Å²) in [4.78, 5) is 11.9. The second-order valence-electron chi connectivity index (χ2n) is 7.44. The monoisotopic (exact) mass is 386 g/mol. The summed E-state index contributed by atoms with van der Waals surface area (Å²) in [6.45, 7) is 4.69. The predicted octanol–water partition coefficient (Wildman–Crippen LogP) is 7.32. The Labute approximate surface area is 174 Å². The Hall–Kier alpha value is -2.87. The third-order valence-electron chi connectivity index (χ3n) is 5.13. The number of esters is 1. The van der Waals surface area contributed by atoms with Gasteiger partial charge in [-0.05, 0) is 59.2 Å². The Balaban J connectivity index is 1.66. The molecule has 0 bridgehead atoms. The van der Waals surface area contributed by atoms with Crippen LogP contribution in [0.1, 0.15) is 55.5 Å². The summed E-state index contributed by atoms with van der Waals surface area (Å²) in [6, 6.07) is 25.1. The van der Waals surface area contributed by atoms with E-state index < -0.39 is 0 Å². The van der Waals surface area contributed by atoms with Gasteiger partial charge < -0.3 is 4.74 Å². The number of benzene rings is 3. The van der Waals surface area contributed by atoms with E-state index in [1.54, 1.807) is 0 Å². The van der Waals surface area contributed by atoms with Gasteiger partial charge in [0.2, 0.25) is 0 Å². The molecule has 0 unspecified atom stereocenters. The summed E-state index contributed by atoms with van der Waals surface area (Å²) >= 11 is 0. The maximum atomic E-state index is 11.9. The summed E-state index contributed by atoms with van der Waals surface area (Å²) in [5.74, 6) is -0.258. The molecule has 0 fully saturated rings. The lowest BCUT2D eigenvalue weighted by Crippen LogP contribution is -2.05. The molecule has 2 nitrogen and oxygen atoms in total. The van der Waals surface area contributed by atoms with Crippen molar-refractivity contribution in [2.45, 2.75) is 46.0 Å². The van der Waals surface area contributed by atoms with Crippen LogP contribution >= 0.6 is 0 Å². The average Bonchev–Trinajstić information content (AvgIpc) is 2.78. The minimum absolute atomic E-state index is 0.258. The van der Waals surface area contributed by atoms with Gasteiger partial charge in [0.15, 0.2) is 0 Å². The lowest BCUT2D eigenvalue weighted by atomic mass is 9.98. The normalized spacial score (nSPS) is 10.7. The minimum Gasteiger partial charge on any atom is -0.462 e. The zero-order valence-electron chi connectivity index (χ0n) is 17.5. The lowest BCUT2D eigenvalue weighted by Gasteiger charge is -2.08. The van der Waals surface area contributed by atoms with Crippen molar-refractivity contribution in [2.75, 3.05) is 6.61 Å². The van der Waals surface area contributed by atoms with Crippen molar-refractivity contribution in [3.63, 3.8) is 0 Å². The van der Waals surface area contributed by atoms with Crippen LogP contribution in [0.2, 0.25) is 0 Å². The molecule has 0 saturated heterocycles. The van der Waals surface area contributed by atoms with Crippen LogP contribution in [-0.4, -0.2) is 12.6 Å². The molecule has 0 spiro atoms. The first-order valence-electron chi connectivity index (χ1n) is 10.7. The van der Waals surface area contributed by atoms with Crippen molar-refractivity contribution in [2.24, 2.45) is 0 Å². The highest BCUT2D eigenvalue weighted by Gasteiger charge is 2.07. The number of aryl methyl sites for hydroxylation is 1. The molecule has 0 heterocycles. The zero-order valence-corrected chi connectivity index (χ0v) is 17.5. The van der Waals surface area contributed by atoms with Crippen molar-refractivity contribution in [1.29, 1.82) is 0 Å². The number of carbonyl (C=O) groups excluding carboxylic acids is 1. The number of hydrogen-bond acceptors (Lipinski definition) is 2. The van der Waals surface area contributed by atoms with Crippen LogP contribution in [0.5, 0.6) is 0 Å². The fourth-order valence-electron chi connectivity index (χ4n) is 3.37. The topological polar surface area (TPSA) is 26.3 Å². The largest absolute Gasteiger partial charge is 0.462 e. The molecule has 2 heteroatoms. The molecule has 3 aromatic carbocycles. The molecule has 0 aromatic heterocycles. The van der Waals surface area contributed by atoms with E-state index in [1.165, 1.54) is 36.0 Å². The highest BCUT2D eigenvalue weighted by atomic mass is 16.5. The fraction of sp³-hybridized carbons (Fsp3) is 0.296. The smallest absolute Gasteiger partial charge is 0.338 e. The summed E-state index contributed by atoms with van der Waals surface area (Å²) in [6.07, 6.45) is 5.81. The molecule has 0 saturated carbocycles. The number of rotatable bonds is 9. The van der Waals surface area contributed by atoms with Gasteiger partial charge in [-0.15, -0.1) is 0 Å². The first-order valence-corrected chi connectivity index (χ1v) is 10.7. The van der Waals surface area contributed by atoms with Gasteiger partial charge in [0.05, 0.1) is 12.2 Å². The van der Waals surface area contributed by atoms with Crippen LogP contribution in [0.4, 0.5) is 0 Å². The Morgan fingerprint density at radius 1 is 0.655 bits per heavy atom. The third kappa shape index (κ3) is 5.80. The van der Waals surface area contributed by atoms with E-state index in [2.05, 4.69) is 55.5 Å². The first kappa shape index (κ1) is 20.9. The van der Waals surface area contributed by atoms with Gasteiger partial charge in [0.25, 0.3) is 0 Å². The maximum Gasteiger partial charge on any atom is 0.338 e. The molecule has 0 aliphatic rings. The van der Waals surface area contributed by atoms with Gasteiger partial charge in [-0.2, -0.15) is 0 Å². The predicted molar refractivity (Wildman–Crippen MR) is 121 cm³/mol. The van der Waals surface area contributed by atoms with E-state index in [4.69, 9.17) is 4.74 Å². The van der Waals surface area contributed by atoms with Crippen molar-refractivity contribution >= 4 is 5.97 Å². The summed E-state index contributed by atoms with van der Waals surface area (Å²) in [5, 5.41) is 0. The molecule has 0 N–H and O–H groups in total. The number of ether oxygens (including phenoxy) is 1. The maximum absolute atomic E-state index is 11.9. The number of carbonyl (C=O) groups is 1. The molecule has 0 amide bonds. The Morgan fingerprint density at radius 2 is 1.14 bits per heavy atom. The van der Waals surface area contributed by atoms with Gasteiger partial charge in [0, 0.05) is 0 Å². The van der Waals surface area contributed by atoms with Crippen LogP contribution in [0, 0.1) is 0 Å². The molecule has 3 aromatic rings. The number of hydrogen-bond donors (Lipinski definition) is 0. The molecule has 0 atom stereocenters. The van der Waals surface area contributed by atoms with Crippen LogP contribution in [-0.2, 0) is 11.2 Å². The van der Waals surface area contributed by atoms with E-state index >= 15 is 0 Å². The standard InChI is InChI=1S/C27H30O2/c1-3-5-6-7-21-8-10-22(11-9-21)23-12-14-24(15-13-23)25-16-18-26(19-17-25)27(28)29-20-4-2/h8-19H,3-7,20H2,1-2H3. The van der Waals surface area contributed by atoms with Crippen molar-refractivity contribution in [3.05, 3.63) is 83.9 Å². The third-order valence-corrected chi connectivity index (χ3v) is 5.13. The van der Waals surface area contributed by atoms with Crippen LogP contribution in [0.25, 0.3) is 22.3 Å². The molecule has 0 radical (unpaired) electrons. The van der Waals surface area contributed by atoms with Crippen LogP contribution < -0.4 is 0 Å². The first-order chi connectivity index (χ1) is 14.2. The van der Waals surface area contributed by atoms with Crippen LogP contribution in [0.3, 0.4) is 0 Å². The molecule has 3 rings (SSSR count). The Kier molecular flexibility index (Phi) is 7.63. The molecule has 150 valence electrons. The van der Waals surface area contributed by atoms with Crippen molar-refractivity contribution < 1.29 is 9.53 Å². The van der Waals surface area contributed by atoms with E-state index in [-0.39, 0.29) is 5.97 Å². The van der Waals surface area contributed by atoms with Crippen LogP contribution in [0.15, 0.2) is 72.8 Å². The average molecular weight is 387 g/mol. The zero-order chi connectivity index (χ0) is 20.5. The molecular formula is C27H30O2. The quantitative estimate of drug-likeness (QED) is 0.284. The SMILES string of the molecule is CCCCCc1ccc(-c2ccc(-c3ccc(C(=O)OCCC)cc3)cc2)cc1. The molecular weight excluding hydrogens is 356 g/mol. The fourth-order valence-corrected chi connectivity index (χ4v) is 3.37. The van der Waals surface area contributed by atoms with Gasteiger partial charge >= 0.3 is 5.97 Å². The van der Waals surface area contributed by atoms with E-state index in [0.717, 1.165) is 24.0 Å². The van der Waals surface area contributed by atoms with Gasteiger partial charge in [-0.25, -0.2) is 4.79 Å². The highest BCUT2D eigenvalue weighted by molar-refractivity contribution is 5.90. The second-order valence-corrected chi connectivity index (χ2v) is 7.44. The van der Waals surface area contributed by atoms with E-state index in [0.29, 0.717) is 12.2 Å². The van der Waals surface area contributed by atoms with E-state index in [1.807, 2.05) is 31.2 Å². The van der Waals surface area contributed by atoms with Crippen molar-refractivity contribution in [1.82, 2.24) is 0 Å². The van der Waals surface area contributed by atoms with Crippen molar-refractivity contribution in [3.8, 4) is 22.3 Å². The molecule has 0 aliphatic heterocycles. The minimum atomic E-state index is -0.258. The van der Waals surface area contributed by atoms with E-state index in [9.17, 15) is 4.79 Å². The van der Waals surface area contributed by atoms with Gasteiger partial charge in [-0.1, -0.05) is 87.4 Å². The summed E-state index contributed by atoms with van der Waals surface area (Å²) in [7, 11) is 0. The molecule has 29 heavy (non-hydrogen) atoms. The Morgan fingerprint density at radius 3 is 1.62 bits per heavy atom. The highest BCUT2D eigenvalue weighted by Crippen LogP contribution is 2.26. The summed E-state index contributed by atoms with van der Waals surface area (Å²) < 4.78 is 5.18. The lowest BCUT2D eigenvalue weighted by molar-refractivity contribution is 0.0505.